The van der Waals surface area contributed by atoms with Gasteiger partial charge < -0.3 is 10.6 Å². The molecule has 0 radical (unpaired) electrons. The molecular formula is C20H24N2OS. The highest BCUT2D eigenvalue weighted by Crippen LogP contribution is 2.40. The Kier molecular flexibility index (Phi) is 3.77. The number of likely N-dealkylation sites (tertiary alicyclic amines) is 1. The van der Waals surface area contributed by atoms with Crippen LogP contribution in [-0.4, -0.2) is 29.9 Å². The van der Waals surface area contributed by atoms with Crippen molar-refractivity contribution in [3.8, 4) is 10.4 Å². The van der Waals surface area contributed by atoms with E-state index in [1.807, 2.05) is 4.90 Å². The number of amides is 1. The van der Waals surface area contributed by atoms with Crippen LogP contribution >= 0.6 is 11.3 Å². The molecule has 1 aromatic carbocycles. The minimum absolute atomic E-state index is 0.0165. The molecule has 0 bridgehead atoms. The Hall–Kier alpha value is -1.65. The standard InChI is InChI=1S/C20H24N2OS/c1-20(2)12-22(10-9-17(20)21)19(23)16-11-14-8-7-13-5-3-4-6-15(13)18(14)24-16/h3-6,11,17H,7-10,12,21H2,1-2H3. The van der Waals surface area contributed by atoms with E-state index in [1.165, 1.54) is 21.6 Å². The quantitative estimate of drug-likeness (QED) is 0.860. The summed E-state index contributed by atoms with van der Waals surface area (Å²) in [6.45, 7) is 5.83. The topological polar surface area (TPSA) is 46.3 Å². The molecule has 1 aliphatic carbocycles. The average Bonchev–Trinajstić information content (AvgIpc) is 3.01. The Balaban J connectivity index is 1.63. The first-order valence-corrected chi connectivity index (χ1v) is 9.53. The summed E-state index contributed by atoms with van der Waals surface area (Å²) in [5, 5.41) is 0. The molecule has 24 heavy (non-hydrogen) atoms. The third-order valence-electron chi connectivity index (χ3n) is 5.54. The van der Waals surface area contributed by atoms with Crippen LogP contribution in [-0.2, 0) is 12.8 Å². The number of rotatable bonds is 1. The second-order valence-corrected chi connectivity index (χ2v) is 8.78. The van der Waals surface area contributed by atoms with Crippen LogP contribution in [0.1, 0.15) is 41.1 Å². The summed E-state index contributed by atoms with van der Waals surface area (Å²) < 4.78 is 0. The number of aryl methyl sites for hydroxylation is 2. The van der Waals surface area contributed by atoms with Crippen LogP contribution in [0.4, 0.5) is 0 Å². The molecule has 1 aliphatic heterocycles. The van der Waals surface area contributed by atoms with Crippen LogP contribution < -0.4 is 5.73 Å². The minimum Gasteiger partial charge on any atom is -0.337 e. The first-order valence-electron chi connectivity index (χ1n) is 8.71. The molecule has 1 fully saturated rings. The fourth-order valence-electron chi connectivity index (χ4n) is 3.88. The van der Waals surface area contributed by atoms with Crippen molar-refractivity contribution < 1.29 is 4.79 Å². The van der Waals surface area contributed by atoms with E-state index in [0.29, 0.717) is 0 Å². The van der Waals surface area contributed by atoms with Crippen molar-refractivity contribution in [2.24, 2.45) is 11.1 Å². The third-order valence-corrected chi connectivity index (χ3v) is 6.74. The van der Waals surface area contributed by atoms with Crippen LogP contribution in [0.15, 0.2) is 30.3 Å². The van der Waals surface area contributed by atoms with Gasteiger partial charge in [0.05, 0.1) is 4.88 Å². The first kappa shape index (κ1) is 15.9. The lowest BCUT2D eigenvalue weighted by Gasteiger charge is -2.42. The number of carbonyl (C=O) groups is 1. The molecule has 2 aliphatic rings. The van der Waals surface area contributed by atoms with E-state index in [2.05, 4.69) is 44.2 Å². The Bertz CT molecular complexity index is 793. The fraction of sp³-hybridized carbons (Fsp3) is 0.450. The zero-order chi connectivity index (χ0) is 16.9. The highest BCUT2D eigenvalue weighted by molar-refractivity contribution is 7.17. The second kappa shape index (κ2) is 5.71. The minimum atomic E-state index is -0.0165. The van der Waals surface area contributed by atoms with Gasteiger partial charge >= 0.3 is 0 Å². The Labute approximate surface area is 147 Å². The molecule has 126 valence electrons. The maximum atomic E-state index is 13.0. The Morgan fingerprint density at radius 3 is 2.79 bits per heavy atom. The summed E-state index contributed by atoms with van der Waals surface area (Å²) in [5.41, 5.74) is 10.2. The van der Waals surface area contributed by atoms with Crippen LogP contribution in [0.2, 0.25) is 0 Å². The largest absolute Gasteiger partial charge is 0.337 e. The van der Waals surface area contributed by atoms with Crippen molar-refractivity contribution in [2.45, 2.75) is 39.2 Å². The van der Waals surface area contributed by atoms with Gasteiger partial charge in [0.1, 0.15) is 0 Å². The average molecular weight is 340 g/mol. The maximum absolute atomic E-state index is 13.0. The van der Waals surface area contributed by atoms with Gasteiger partial charge in [-0.3, -0.25) is 4.79 Å². The molecule has 1 aromatic heterocycles. The van der Waals surface area contributed by atoms with E-state index in [0.717, 1.165) is 37.2 Å². The maximum Gasteiger partial charge on any atom is 0.263 e. The summed E-state index contributed by atoms with van der Waals surface area (Å²) in [4.78, 5) is 17.2. The van der Waals surface area contributed by atoms with Crippen molar-refractivity contribution in [1.82, 2.24) is 4.90 Å². The van der Waals surface area contributed by atoms with Crippen LogP contribution in [0.5, 0.6) is 0 Å². The first-order chi connectivity index (χ1) is 11.5. The van der Waals surface area contributed by atoms with Gasteiger partial charge in [0.15, 0.2) is 0 Å². The molecule has 0 saturated carbocycles. The van der Waals surface area contributed by atoms with Crippen LogP contribution in [0.25, 0.3) is 10.4 Å². The number of benzene rings is 1. The highest BCUT2D eigenvalue weighted by Gasteiger charge is 2.36. The number of hydrogen-bond acceptors (Lipinski definition) is 3. The normalized spacial score (nSPS) is 22.0. The summed E-state index contributed by atoms with van der Waals surface area (Å²) in [6, 6.07) is 10.9. The lowest BCUT2D eigenvalue weighted by atomic mass is 9.79. The van der Waals surface area contributed by atoms with Gasteiger partial charge in [0, 0.05) is 24.0 Å². The molecule has 1 amide bonds. The smallest absolute Gasteiger partial charge is 0.263 e. The van der Waals surface area contributed by atoms with Crippen molar-refractivity contribution in [2.75, 3.05) is 13.1 Å². The number of fused-ring (bicyclic) bond motifs is 3. The van der Waals surface area contributed by atoms with E-state index in [-0.39, 0.29) is 17.4 Å². The zero-order valence-electron chi connectivity index (χ0n) is 14.3. The Morgan fingerprint density at radius 1 is 1.25 bits per heavy atom. The molecular weight excluding hydrogens is 316 g/mol. The van der Waals surface area contributed by atoms with Crippen molar-refractivity contribution in [1.29, 1.82) is 0 Å². The molecule has 0 spiro atoms. The SMILES string of the molecule is CC1(C)CN(C(=O)c2cc3c(s2)-c2ccccc2CC3)CCC1N. The van der Waals surface area contributed by atoms with Gasteiger partial charge in [-0.2, -0.15) is 0 Å². The van der Waals surface area contributed by atoms with Gasteiger partial charge in [-0.15, -0.1) is 11.3 Å². The molecule has 4 rings (SSSR count). The number of hydrogen-bond donors (Lipinski definition) is 1. The molecule has 4 heteroatoms. The number of carbonyl (C=O) groups excluding carboxylic acids is 1. The number of thiophene rings is 1. The Morgan fingerprint density at radius 2 is 2.00 bits per heavy atom. The van der Waals surface area contributed by atoms with Gasteiger partial charge in [-0.1, -0.05) is 38.1 Å². The molecule has 1 unspecified atom stereocenters. The molecule has 2 N–H and O–H groups in total. The second-order valence-electron chi connectivity index (χ2n) is 7.73. The van der Waals surface area contributed by atoms with Gasteiger partial charge in [0.25, 0.3) is 5.91 Å². The molecule has 1 atom stereocenters. The van der Waals surface area contributed by atoms with E-state index in [4.69, 9.17) is 5.73 Å². The van der Waals surface area contributed by atoms with Gasteiger partial charge in [-0.05, 0) is 47.4 Å². The number of piperidine rings is 1. The predicted octanol–water partition coefficient (Wildman–Crippen LogP) is 3.71. The molecule has 1 saturated heterocycles. The van der Waals surface area contributed by atoms with Crippen LogP contribution in [0, 0.1) is 5.41 Å². The van der Waals surface area contributed by atoms with E-state index < -0.39 is 0 Å². The van der Waals surface area contributed by atoms with E-state index >= 15 is 0 Å². The lowest BCUT2D eigenvalue weighted by Crippen LogP contribution is -2.53. The van der Waals surface area contributed by atoms with E-state index in [1.54, 1.807) is 11.3 Å². The lowest BCUT2D eigenvalue weighted by molar-refractivity contribution is 0.0537. The summed E-state index contributed by atoms with van der Waals surface area (Å²) in [6.07, 6.45) is 2.98. The molecule has 2 heterocycles. The van der Waals surface area contributed by atoms with Gasteiger partial charge in [-0.25, -0.2) is 0 Å². The third kappa shape index (κ3) is 2.58. The molecule has 3 nitrogen and oxygen atoms in total. The van der Waals surface area contributed by atoms with Gasteiger partial charge in [0.2, 0.25) is 0 Å². The fourth-order valence-corrected chi connectivity index (χ4v) is 5.12. The predicted molar refractivity (Wildman–Crippen MR) is 99.4 cm³/mol. The monoisotopic (exact) mass is 340 g/mol. The summed E-state index contributed by atoms with van der Waals surface area (Å²) in [7, 11) is 0. The zero-order valence-corrected chi connectivity index (χ0v) is 15.2. The van der Waals surface area contributed by atoms with Crippen molar-refractivity contribution >= 4 is 17.2 Å². The van der Waals surface area contributed by atoms with Crippen molar-refractivity contribution in [3.05, 3.63) is 46.3 Å². The van der Waals surface area contributed by atoms with E-state index in [9.17, 15) is 4.79 Å². The number of nitrogens with two attached hydrogens (primary N) is 1. The van der Waals surface area contributed by atoms with Crippen LogP contribution in [0.3, 0.4) is 0 Å². The highest BCUT2D eigenvalue weighted by atomic mass is 32.1. The summed E-state index contributed by atoms with van der Waals surface area (Å²) >= 11 is 1.66. The molecule has 2 aromatic rings. The summed E-state index contributed by atoms with van der Waals surface area (Å²) in [5.74, 6) is 0.173. The number of nitrogens with zero attached hydrogens (tertiary/aromatic N) is 1. The van der Waals surface area contributed by atoms with Crippen molar-refractivity contribution in [3.63, 3.8) is 0 Å².